The van der Waals surface area contributed by atoms with E-state index in [4.69, 9.17) is 9.88 Å². The number of carbonyl (C=O) groups is 1. The van der Waals surface area contributed by atoms with Crippen molar-refractivity contribution in [2.75, 3.05) is 36.5 Å². The standard InChI is InChI=1S/C24H23N3O4S/c25-32(29,30)19-6-8-23(27-9-11-31-12-10-27)22(15-19)24(28)26-18-5-7-21-17(14-18)13-16-3-1-2-4-20(16)21/h1-8,14-15H,9-13H2,(H,26,28)(H2,25,29,30). The molecule has 2 aliphatic rings. The second-order valence-electron chi connectivity index (χ2n) is 7.98. The summed E-state index contributed by atoms with van der Waals surface area (Å²) < 4.78 is 29.2. The molecule has 8 heteroatoms. The molecule has 0 unspecified atom stereocenters. The maximum atomic E-state index is 13.3. The SMILES string of the molecule is NS(=O)(=O)c1ccc(N2CCOCC2)c(C(=O)Nc2ccc3c(c2)Cc2ccccc2-3)c1. The molecule has 0 radical (unpaired) electrons. The topological polar surface area (TPSA) is 102 Å². The number of hydrogen-bond acceptors (Lipinski definition) is 5. The first-order valence-electron chi connectivity index (χ1n) is 10.4. The van der Waals surface area contributed by atoms with Crippen LogP contribution in [0.3, 0.4) is 0 Å². The first-order valence-corrected chi connectivity index (χ1v) is 12.0. The van der Waals surface area contributed by atoms with Gasteiger partial charge in [0.1, 0.15) is 0 Å². The summed E-state index contributed by atoms with van der Waals surface area (Å²) in [5.41, 5.74) is 6.39. The predicted molar refractivity (Wildman–Crippen MR) is 123 cm³/mol. The van der Waals surface area contributed by atoms with Gasteiger partial charge in [-0.05, 0) is 59.0 Å². The molecule has 5 rings (SSSR count). The molecule has 0 spiro atoms. The van der Waals surface area contributed by atoms with E-state index < -0.39 is 10.0 Å². The Hall–Kier alpha value is -3.20. The Balaban J connectivity index is 1.47. The van der Waals surface area contributed by atoms with Crippen LogP contribution in [0.5, 0.6) is 0 Å². The van der Waals surface area contributed by atoms with Crippen molar-refractivity contribution in [3.05, 3.63) is 77.4 Å². The minimum atomic E-state index is -3.94. The number of benzene rings is 3. The highest BCUT2D eigenvalue weighted by Gasteiger charge is 2.23. The monoisotopic (exact) mass is 449 g/mol. The van der Waals surface area contributed by atoms with Crippen molar-refractivity contribution >= 4 is 27.3 Å². The number of anilines is 2. The summed E-state index contributed by atoms with van der Waals surface area (Å²) in [7, 11) is -3.94. The van der Waals surface area contributed by atoms with Crippen LogP contribution in [0.25, 0.3) is 11.1 Å². The van der Waals surface area contributed by atoms with E-state index in [1.165, 1.54) is 28.8 Å². The van der Waals surface area contributed by atoms with Gasteiger partial charge in [-0.3, -0.25) is 4.79 Å². The average molecular weight is 450 g/mol. The van der Waals surface area contributed by atoms with Crippen LogP contribution in [-0.4, -0.2) is 40.6 Å². The molecule has 0 atom stereocenters. The molecule has 7 nitrogen and oxygen atoms in total. The van der Waals surface area contributed by atoms with E-state index in [-0.39, 0.29) is 16.4 Å². The molecule has 0 bridgehead atoms. The molecule has 164 valence electrons. The lowest BCUT2D eigenvalue weighted by atomic mass is 10.1. The Labute approximate surface area is 186 Å². The number of morpholine rings is 1. The van der Waals surface area contributed by atoms with Crippen LogP contribution in [0.2, 0.25) is 0 Å². The molecule has 1 amide bonds. The summed E-state index contributed by atoms with van der Waals surface area (Å²) in [6, 6.07) is 18.5. The normalized spacial score (nSPS) is 15.2. The Bertz CT molecular complexity index is 1310. The molecule has 1 fully saturated rings. The van der Waals surface area contributed by atoms with Crippen LogP contribution in [0.1, 0.15) is 21.5 Å². The zero-order chi connectivity index (χ0) is 22.3. The van der Waals surface area contributed by atoms with Crippen molar-refractivity contribution in [3.8, 4) is 11.1 Å². The first kappa shape index (κ1) is 20.7. The second-order valence-corrected chi connectivity index (χ2v) is 9.54. The van der Waals surface area contributed by atoms with E-state index in [0.717, 1.165) is 12.0 Å². The number of carbonyl (C=O) groups excluding carboxylic acids is 1. The molecule has 3 N–H and O–H groups in total. The van der Waals surface area contributed by atoms with Gasteiger partial charge >= 0.3 is 0 Å². The number of nitrogens with zero attached hydrogens (tertiary/aromatic N) is 1. The van der Waals surface area contributed by atoms with Gasteiger partial charge in [0.25, 0.3) is 5.91 Å². The van der Waals surface area contributed by atoms with Crippen molar-refractivity contribution < 1.29 is 17.9 Å². The van der Waals surface area contributed by atoms with Gasteiger partial charge in [0.15, 0.2) is 0 Å². The van der Waals surface area contributed by atoms with Gasteiger partial charge in [-0.15, -0.1) is 0 Å². The Morgan fingerprint density at radius 1 is 0.938 bits per heavy atom. The zero-order valence-electron chi connectivity index (χ0n) is 17.4. The van der Waals surface area contributed by atoms with Gasteiger partial charge in [-0.25, -0.2) is 13.6 Å². The van der Waals surface area contributed by atoms with Crippen LogP contribution in [-0.2, 0) is 21.2 Å². The number of fused-ring (bicyclic) bond motifs is 3. The highest BCUT2D eigenvalue weighted by molar-refractivity contribution is 7.89. The van der Waals surface area contributed by atoms with Crippen LogP contribution in [0.4, 0.5) is 11.4 Å². The molecule has 3 aromatic rings. The van der Waals surface area contributed by atoms with Crippen LogP contribution >= 0.6 is 0 Å². The summed E-state index contributed by atoms with van der Waals surface area (Å²) >= 11 is 0. The summed E-state index contributed by atoms with van der Waals surface area (Å²) in [5, 5.41) is 8.26. The molecule has 32 heavy (non-hydrogen) atoms. The lowest BCUT2D eigenvalue weighted by molar-refractivity contribution is 0.102. The fourth-order valence-corrected chi connectivity index (χ4v) is 4.92. The molecule has 0 saturated carbocycles. The molecule has 1 aliphatic heterocycles. The van der Waals surface area contributed by atoms with E-state index in [9.17, 15) is 13.2 Å². The number of sulfonamides is 1. The smallest absolute Gasteiger partial charge is 0.257 e. The number of hydrogen-bond donors (Lipinski definition) is 2. The van der Waals surface area contributed by atoms with Crippen LogP contribution in [0, 0.1) is 0 Å². The average Bonchev–Trinajstić information content (AvgIpc) is 3.16. The lowest BCUT2D eigenvalue weighted by Crippen LogP contribution is -2.37. The number of amides is 1. The quantitative estimate of drug-likeness (QED) is 0.499. The Morgan fingerprint density at radius 3 is 2.47 bits per heavy atom. The van der Waals surface area contributed by atoms with Crippen molar-refractivity contribution in [3.63, 3.8) is 0 Å². The van der Waals surface area contributed by atoms with Gasteiger partial charge < -0.3 is 15.0 Å². The van der Waals surface area contributed by atoms with Crippen molar-refractivity contribution in [1.82, 2.24) is 0 Å². The third-order valence-electron chi connectivity index (χ3n) is 5.94. The number of rotatable bonds is 4. The molecule has 1 aliphatic carbocycles. The third-order valence-corrected chi connectivity index (χ3v) is 6.86. The molecule has 0 aromatic heterocycles. The molecular weight excluding hydrogens is 426 g/mol. The fourth-order valence-electron chi connectivity index (χ4n) is 4.38. The summed E-state index contributed by atoms with van der Waals surface area (Å²) in [4.78, 5) is 15.2. The second kappa shape index (κ2) is 8.05. The zero-order valence-corrected chi connectivity index (χ0v) is 18.2. The first-order chi connectivity index (χ1) is 15.4. The van der Waals surface area contributed by atoms with Gasteiger partial charge in [-0.2, -0.15) is 0 Å². The lowest BCUT2D eigenvalue weighted by Gasteiger charge is -2.30. The van der Waals surface area contributed by atoms with Crippen LogP contribution in [0.15, 0.2) is 65.6 Å². The van der Waals surface area contributed by atoms with Gasteiger partial charge in [0, 0.05) is 24.5 Å². The van der Waals surface area contributed by atoms with Crippen molar-refractivity contribution in [2.45, 2.75) is 11.3 Å². The summed E-state index contributed by atoms with van der Waals surface area (Å²) in [5.74, 6) is -0.382. The van der Waals surface area contributed by atoms with Crippen molar-refractivity contribution in [2.24, 2.45) is 5.14 Å². The number of nitrogens with one attached hydrogen (secondary N) is 1. The maximum absolute atomic E-state index is 13.3. The summed E-state index contributed by atoms with van der Waals surface area (Å²) in [6.07, 6.45) is 0.815. The summed E-state index contributed by atoms with van der Waals surface area (Å²) in [6.45, 7) is 2.32. The minimum Gasteiger partial charge on any atom is -0.378 e. The molecular formula is C24H23N3O4S. The van der Waals surface area contributed by atoms with Gasteiger partial charge in [0.2, 0.25) is 10.0 Å². The van der Waals surface area contributed by atoms with E-state index in [0.29, 0.717) is 37.7 Å². The van der Waals surface area contributed by atoms with Gasteiger partial charge in [0.05, 0.1) is 23.7 Å². The molecule has 1 heterocycles. The molecule has 1 saturated heterocycles. The number of primary sulfonamides is 1. The molecule has 3 aromatic carbocycles. The van der Waals surface area contributed by atoms with E-state index in [1.54, 1.807) is 6.07 Å². The Kier molecular flexibility index (Phi) is 5.21. The van der Waals surface area contributed by atoms with Gasteiger partial charge in [-0.1, -0.05) is 30.3 Å². The Morgan fingerprint density at radius 2 is 1.69 bits per heavy atom. The highest BCUT2D eigenvalue weighted by atomic mass is 32.2. The number of ether oxygens (including phenoxy) is 1. The predicted octanol–water partition coefficient (Wildman–Crippen LogP) is 2.99. The fraction of sp³-hybridized carbons (Fsp3) is 0.208. The third kappa shape index (κ3) is 3.88. The maximum Gasteiger partial charge on any atom is 0.257 e. The number of nitrogens with two attached hydrogens (primary N) is 1. The van der Waals surface area contributed by atoms with Crippen molar-refractivity contribution in [1.29, 1.82) is 0 Å². The highest BCUT2D eigenvalue weighted by Crippen LogP contribution is 2.37. The van der Waals surface area contributed by atoms with Crippen LogP contribution < -0.4 is 15.4 Å². The van der Waals surface area contributed by atoms with E-state index in [2.05, 4.69) is 17.4 Å². The van der Waals surface area contributed by atoms with E-state index >= 15 is 0 Å². The largest absolute Gasteiger partial charge is 0.378 e. The minimum absolute atomic E-state index is 0.0935. The van der Waals surface area contributed by atoms with E-state index in [1.807, 2.05) is 35.2 Å².